The van der Waals surface area contributed by atoms with Crippen molar-refractivity contribution in [2.75, 3.05) is 0 Å². The molecule has 0 bridgehead atoms. The maximum Gasteiger partial charge on any atom is 0.253 e. The summed E-state index contributed by atoms with van der Waals surface area (Å²) in [5, 5.41) is 14.7. The maximum atomic E-state index is 12.5. The van der Waals surface area contributed by atoms with Crippen LogP contribution in [0.5, 0.6) is 0 Å². The summed E-state index contributed by atoms with van der Waals surface area (Å²) in [6, 6.07) is 7.49. The van der Waals surface area contributed by atoms with Gasteiger partial charge < -0.3 is 10.4 Å². The highest BCUT2D eigenvalue weighted by Crippen LogP contribution is 2.25. The number of halogens is 1. The normalized spacial score (nSPS) is 22.2. The average Bonchev–Trinajstić information content (AvgIpc) is 2.48. The number of aromatic nitrogens is 1. The SMILES string of the molecule is O=C(NC1CCCC(O)C1)c1cnc(Cl)c2ccccc12. The van der Waals surface area contributed by atoms with Gasteiger partial charge in [-0.15, -0.1) is 0 Å². The molecular formula is C16H17ClN2O2. The second kappa shape index (κ2) is 6.00. The van der Waals surface area contributed by atoms with Crippen molar-refractivity contribution in [1.29, 1.82) is 0 Å². The van der Waals surface area contributed by atoms with E-state index >= 15 is 0 Å². The molecule has 1 saturated carbocycles. The number of hydrogen-bond donors (Lipinski definition) is 2. The molecule has 2 unspecified atom stereocenters. The van der Waals surface area contributed by atoms with Gasteiger partial charge in [0.1, 0.15) is 5.15 Å². The summed E-state index contributed by atoms with van der Waals surface area (Å²) in [5.74, 6) is -0.158. The van der Waals surface area contributed by atoms with Crippen LogP contribution >= 0.6 is 11.6 Å². The Balaban J connectivity index is 1.86. The topological polar surface area (TPSA) is 62.2 Å². The number of amides is 1. The summed E-state index contributed by atoms with van der Waals surface area (Å²) in [5.41, 5.74) is 0.523. The van der Waals surface area contributed by atoms with E-state index in [0.29, 0.717) is 17.1 Å². The zero-order valence-corrected chi connectivity index (χ0v) is 12.3. The zero-order chi connectivity index (χ0) is 14.8. The highest BCUT2D eigenvalue weighted by molar-refractivity contribution is 6.34. The number of nitrogens with zero attached hydrogens (tertiary/aromatic N) is 1. The lowest BCUT2D eigenvalue weighted by Crippen LogP contribution is -2.39. The first-order chi connectivity index (χ1) is 10.1. The van der Waals surface area contributed by atoms with E-state index in [4.69, 9.17) is 11.6 Å². The molecule has 1 heterocycles. The number of pyridine rings is 1. The summed E-state index contributed by atoms with van der Waals surface area (Å²) in [7, 11) is 0. The molecular weight excluding hydrogens is 288 g/mol. The molecule has 2 atom stereocenters. The molecule has 1 aliphatic rings. The molecule has 21 heavy (non-hydrogen) atoms. The number of aliphatic hydroxyl groups is 1. The van der Waals surface area contributed by atoms with Crippen molar-refractivity contribution in [1.82, 2.24) is 10.3 Å². The minimum Gasteiger partial charge on any atom is -0.393 e. The Bertz CT molecular complexity index is 674. The van der Waals surface area contributed by atoms with Crippen molar-refractivity contribution in [2.24, 2.45) is 0 Å². The van der Waals surface area contributed by atoms with Crippen LogP contribution in [0.1, 0.15) is 36.0 Å². The minimum atomic E-state index is -0.316. The molecule has 110 valence electrons. The van der Waals surface area contributed by atoms with Crippen molar-refractivity contribution in [3.63, 3.8) is 0 Å². The van der Waals surface area contributed by atoms with Crippen molar-refractivity contribution in [2.45, 2.75) is 37.8 Å². The molecule has 5 heteroatoms. The molecule has 1 amide bonds. The summed E-state index contributed by atoms with van der Waals surface area (Å²) in [4.78, 5) is 16.6. The molecule has 1 fully saturated rings. The largest absolute Gasteiger partial charge is 0.393 e. The van der Waals surface area contributed by atoms with Crippen molar-refractivity contribution in [3.8, 4) is 0 Å². The molecule has 0 spiro atoms. The van der Waals surface area contributed by atoms with Crippen LogP contribution in [0.3, 0.4) is 0 Å². The number of carbonyl (C=O) groups excluding carboxylic acids is 1. The molecule has 2 N–H and O–H groups in total. The first kappa shape index (κ1) is 14.3. The van der Waals surface area contributed by atoms with Crippen LogP contribution in [0.2, 0.25) is 5.15 Å². The van der Waals surface area contributed by atoms with Gasteiger partial charge in [0.2, 0.25) is 0 Å². The third kappa shape index (κ3) is 3.01. The fraction of sp³-hybridized carbons (Fsp3) is 0.375. The Labute approximate surface area is 128 Å². The number of carbonyl (C=O) groups is 1. The van der Waals surface area contributed by atoms with Gasteiger partial charge >= 0.3 is 0 Å². The molecule has 2 aromatic rings. The van der Waals surface area contributed by atoms with Crippen molar-refractivity contribution < 1.29 is 9.90 Å². The zero-order valence-electron chi connectivity index (χ0n) is 11.6. The number of fused-ring (bicyclic) bond motifs is 1. The van der Waals surface area contributed by atoms with Gasteiger partial charge in [-0.05, 0) is 31.1 Å². The molecule has 0 aliphatic heterocycles. The van der Waals surface area contributed by atoms with E-state index in [0.717, 1.165) is 30.0 Å². The quantitative estimate of drug-likeness (QED) is 0.839. The van der Waals surface area contributed by atoms with Crippen LogP contribution in [0.15, 0.2) is 30.5 Å². The van der Waals surface area contributed by atoms with Gasteiger partial charge in [-0.1, -0.05) is 35.9 Å². The highest BCUT2D eigenvalue weighted by Gasteiger charge is 2.23. The Morgan fingerprint density at radius 2 is 2.05 bits per heavy atom. The lowest BCUT2D eigenvalue weighted by atomic mass is 9.93. The van der Waals surface area contributed by atoms with Crippen LogP contribution in [-0.2, 0) is 0 Å². The summed E-state index contributed by atoms with van der Waals surface area (Å²) in [6.07, 6.45) is 4.47. The van der Waals surface area contributed by atoms with E-state index < -0.39 is 0 Å². The van der Waals surface area contributed by atoms with Crippen LogP contribution in [0.25, 0.3) is 10.8 Å². The van der Waals surface area contributed by atoms with Crippen LogP contribution < -0.4 is 5.32 Å². The van der Waals surface area contributed by atoms with Crippen LogP contribution in [-0.4, -0.2) is 28.1 Å². The monoisotopic (exact) mass is 304 g/mol. The molecule has 4 nitrogen and oxygen atoms in total. The number of benzene rings is 1. The molecule has 0 radical (unpaired) electrons. The van der Waals surface area contributed by atoms with Gasteiger partial charge in [0, 0.05) is 17.6 Å². The van der Waals surface area contributed by atoms with Gasteiger partial charge in [0.15, 0.2) is 0 Å². The standard InChI is InChI=1S/C16H17ClN2O2/c17-15-13-7-2-1-6-12(13)14(9-18-15)16(21)19-10-4-3-5-11(20)8-10/h1-2,6-7,9-11,20H,3-5,8H2,(H,19,21). The molecule has 1 aliphatic carbocycles. The molecule has 1 aromatic carbocycles. The van der Waals surface area contributed by atoms with Gasteiger partial charge in [0.05, 0.1) is 11.7 Å². The van der Waals surface area contributed by atoms with E-state index in [1.807, 2.05) is 24.3 Å². The van der Waals surface area contributed by atoms with Crippen LogP contribution in [0.4, 0.5) is 0 Å². The first-order valence-corrected chi connectivity index (χ1v) is 7.55. The fourth-order valence-electron chi connectivity index (χ4n) is 2.90. The summed E-state index contributed by atoms with van der Waals surface area (Å²) >= 11 is 6.07. The average molecular weight is 305 g/mol. The Morgan fingerprint density at radius 1 is 1.29 bits per heavy atom. The predicted molar refractivity (Wildman–Crippen MR) is 82.5 cm³/mol. The van der Waals surface area contributed by atoms with Crippen LogP contribution in [0, 0.1) is 0 Å². The Hall–Kier alpha value is -1.65. The third-order valence-electron chi connectivity index (χ3n) is 3.97. The highest BCUT2D eigenvalue weighted by atomic mass is 35.5. The number of rotatable bonds is 2. The van der Waals surface area contributed by atoms with Crippen molar-refractivity contribution in [3.05, 3.63) is 41.2 Å². The van der Waals surface area contributed by atoms with Gasteiger partial charge in [-0.3, -0.25) is 4.79 Å². The maximum absolute atomic E-state index is 12.5. The Kier molecular flexibility index (Phi) is 4.08. The second-order valence-electron chi connectivity index (χ2n) is 5.50. The lowest BCUT2D eigenvalue weighted by Gasteiger charge is -2.26. The minimum absolute atomic E-state index is 0.0238. The van der Waals surface area contributed by atoms with Crippen molar-refractivity contribution >= 4 is 28.3 Å². The number of hydrogen-bond acceptors (Lipinski definition) is 3. The smallest absolute Gasteiger partial charge is 0.253 e. The number of aliphatic hydroxyl groups excluding tert-OH is 1. The van der Waals surface area contributed by atoms with Gasteiger partial charge in [-0.2, -0.15) is 0 Å². The van der Waals surface area contributed by atoms with Gasteiger partial charge in [0.25, 0.3) is 5.91 Å². The molecule has 1 aromatic heterocycles. The van der Waals surface area contributed by atoms with E-state index in [-0.39, 0.29) is 18.1 Å². The van der Waals surface area contributed by atoms with E-state index in [2.05, 4.69) is 10.3 Å². The Morgan fingerprint density at radius 3 is 2.81 bits per heavy atom. The lowest BCUT2D eigenvalue weighted by molar-refractivity contribution is 0.0851. The third-order valence-corrected chi connectivity index (χ3v) is 4.27. The summed E-state index contributed by atoms with van der Waals surface area (Å²) < 4.78 is 0. The fourth-order valence-corrected chi connectivity index (χ4v) is 3.11. The van der Waals surface area contributed by atoms with E-state index in [9.17, 15) is 9.90 Å². The number of nitrogens with one attached hydrogen (secondary N) is 1. The van der Waals surface area contributed by atoms with Gasteiger partial charge in [-0.25, -0.2) is 4.98 Å². The van der Waals surface area contributed by atoms with E-state index in [1.54, 1.807) is 0 Å². The molecule has 3 rings (SSSR count). The van der Waals surface area contributed by atoms with E-state index in [1.165, 1.54) is 6.20 Å². The molecule has 0 saturated heterocycles. The summed E-state index contributed by atoms with van der Waals surface area (Å²) in [6.45, 7) is 0. The second-order valence-corrected chi connectivity index (χ2v) is 5.86. The first-order valence-electron chi connectivity index (χ1n) is 7.17. The predicted octanol–water partition coefficient (Wildman–Crippen LogP) is 2.92.